The molecular formula is C22H42N4O4. The zero-order valence-corrected chi connectivity index (χ0v) is 20.2. The highest BCUT2D eigenvalue weighted by Gasteiger charge is 2.34. The van der Waals surface area contributed by atoms with Gasteiger partial charge in [-0.1, -0.05) is 48.5 Å². The van der Waals surface area contributed by atoms with Crippen LogP contribution in [0.25, 0.3) is 0 Å². The van der Waals surface area contributed by atoms with Gasteiger partial charge in [-0.2, -0.15) is 0 Å². The third kappa shape index (κ3) is 9.24. The van der Waals surface area contributed by atoms with Gasteiger partial charge in [0.1, 0.15) is 11.8 Å². The van der Waals surface area contributed by atoms with Gasteiger partial charge in [0, 0.05) is 49.3 Å². The molecule has 0 bridgehead atoms. The first-order valence-electron chi connectivity index (χ1n) is 10.6. The molecule has 8 heteroatoms. The zero-order chi connectivity index (χ0) is 23.9. The number of hydrogen-bond donors (Lipinski definition) is 3. The maximum Gasteiger partial charge on any atom is 0.243 e. The molecule has 0 aliphatic carbocycles. The van der Waals surface area contributed by atoms with Gasteiger partial charge in [-0.05, 0) is 13.3 Å². The van der Waals surface area contributed by atoms with E-state index in [1.807, 2.05) is 27.7 Å². The molecule has 0 fully saturated rings. The summed E-state index contributed by atoms with van der Waals surface area (Å²) in [6, 6.07) is -1.11. The molecule has 0 spiro atoms. The summed E-state index contributed by atoms with van der Waals surface area (Å²) in [4.78, 5) is 51.7. The lowest BCUT2D eigenvalue weighted by molar-refractivity contribution is -0.144. The number of rotatable bonds is 10. The van der Waals surface area contributed by atoms with Crippen molar-refractivity contribution < 1.29 is 19.2 Å². The molecule has 3 atom stereocenters. The van der Waals surface area contributed by atoms with E-state index in [0.717, 1.165) is 0 Å². The van der Waals surface area contributed by atoms with Gasteiger partial charge in [0.15, 0.2) is 0 Å². The molecule has 0 aromatic rings. The smallest absolute Gasteiger partial charge is 0.243 e. The molecule has 0 saturated heterocycles. The summed E-state index contributed by atoms with van der Waals surface area (Å²) in [7, 11) is 1.54. The average molecular weight is 427 g/mol. The monoisotopic (exact) mass is 426 g/mol. The Hall–Kier alpha value is -1.96. The maximum absolute atomic E-state index is 13.0. The quantitative estimate of drug-likeness (QED) is 0.488. The van der Waals surface area contributed by atoms with Crippen LogP contribution < -0.4 is 16.4 Å². The Morgan fingerprint density at radius 1 is 0.967 bits per heavy atom. The fourth-order valence-corrected chi connectivity index (χ4v) is 2.83. The van der Waals surface area contributed by atoms with Crippen molar-refractivity contribution in [1.82, 2.24) is 15.5 Å². The van der Waals surface area contributed by atoms with Crippen LogP contribution in [0.5, 0.6) is 0 Å². The van der Waals surface area contributed by atoms with Crippen LogP contribution in [0.4, 0.5) is 0 Å². The lowest BCUT2D eigenvalue weighted by atomic mass is 9.86. The predicted octanol–water partition coefficient (Wildman–Crippen LogP) is 1.47. The molecule has 30 heavy (non-hydrogen) atoms. The number of nitrogens with one attached hydrogen (secondary N) is 2. The van der Waals surface area contributed by atoms with E-state index >= 15 is 0 Å². The Kier molecular flexibility index (Phi) is 10.7. The van der Waals surface area contributed by atoms with Gasteiger partial charge in [-0.25, -0.2) is 0 Å². The Labute approximate surface area is 181 Å². The minimum atomic E-state index is -0.905. The predicted molar refractivity (Wildman–Crippen MR) is 119 cm³/mol. The molecule has 0 aliphatic rings. The van der Waals surface area contributed by atoms with Crippen LogP contribution >= 0.6 is 0 Å². The molecule has 0 aromatic carbocycles. The molecule has 8 nitrogen and oxygen atoms in total. The third-order valence-corrected chi connectivity index (χ3v) is 4.96. The van der Waals surface area contributed by atoms with Gasteiger partial charge in [0.25, 0.3) is 0 Å². The number of likely N-dealkylation sites (N-methyl/N-ethyl adjacent to an activating group) is 1. The van der Waals surface area contributed by atoms with Crippen LogP contribution in [0.15, 0.2) is 0 Å². The first kappa shape index (κ1) is 28.0. The second-order valence-corrected chi connectivity index (χ2v) is 10.2. The number of hydrogen-bond acceptors (Lipinski definition) is 5. The van der Waals surface area contributed by atoms with Crippen LogP contribution in [0.1, 0.15) is 68.2 Å². The summed E-state index contributed by atoms with van der Waals surface area (Å²) in [5, 5.41) is 5.60. The number of ketones is 1. The van der Waals surface area contributed by atoms with Crippen molar-refractivity contribution in [1.29, 1.82) is 0 Å². The SMILES string of the molecule is CC(CC(C)C(=O)N(C)C(CC(=O)C(C)(C)C)C(=O)NCCN)NC(=O)C(C)(C)C. The lowest BCUT2D eigenvalue weighted by Crippen LogP contribution is -2.52. The minimum absolute atomic E-state index is 0.0643. The molecule has 4 N–H and O–H groups in total. The summed E-state index contributed by atoms with van der Waals surface area (Å²) in [6.07, 6.45) is 0.362. The van der Waals surface area contributed by atoms with Crippen LogP contribution in [0.2, 0.25) is 0 Å². The number of carbonyl (C=O) groups is 4. The first-order valence-corrected chi connectivity index (χ1v) is 10.6. The standard InChI is InChI=1S/C22H42N4O4/c1-14(12-15(2)25-20(30)22(6,7)8)19(29)26(9)16(18(28)24-11-10-23)13-17(27)21(3,4)5/h14-16H,10-13,23H2,1-9H3,(H,24,28)(H,25,30). The molecule has 174 valence electrons. The number of amides is 3. The molecule has 0 rings (SSSR count). The van der Waals surface area contributed by atoms with E-state index in [4.69, 9.17) is 5.73 Å². The number of nitrogens with two attached hydrogens (primary N) is 1. The van der Waals surface area contributed by atoms with Crippen LogP contribution in [-0.4, -0.2) is 60.6 Å². The lowest BCUT2D eigenvalue weighted by Gasteiger charge is -2.32. The fourth-order valence-electron chi connectivity index (χ4n) is 2.83. The van der Waals surface area contributed by atoms with Crippen molar-refractivity contribution in [2.24, 2.45) is 22.5 Å². The molecular weight excluding hydrogens is 384 g/mol. The topological polar surface area (TPSA) is 122 Å². The second-order valence-electron chi connectivity index (χ2n) is 10.2. The van der Waals surface area contributed by atoms with Gasteiger partial charge in [-0.3, -0.25) is 19.2 Å². The van der Waals surface area contributed by atoms with Crippen LogP contribution in [-0.2, 0) is 19.2 Å². The fraction of sp³-hybridized carbons (Fsp3) is 0.818. The minimum Gasteiger partial charge on any atom is -0.353 e. The molecule has 0 aromatic heterocycles. The number of nitrogens with zero attached hydrogens (tertiary/aromatic N) is 1. The number of carbonyl (C=O) groups excluding carboxylic acids is 4. The van der Waals surface area contributed by atoms with Gasteiger partial charge in [-0.15, -0.1) is 0 Å². The van der Waals surface area contributed by atoms with Gasteiger partial charge in [0.2, 0.25) is 17.7 Å². The van der Waals surface area contributed by atoms with Crippen LogP contribution in [0, 0.1) is 16.7 Å². The molecule has 3 unspecified atom stereocenters. The highest BCUT2D eigenvalue weighted by molar-refractivity contribution is 5.94. The maximum atomic E-state index is 13.0. The van der Waals surface area contributed by atoms with E-state index in [9.17, 15) is 19.2 Å². The largest absolute Gasteiger partial charge is 0.353 e. The third-order valence-electron chi connectivity index (χ3n) is 4.96. The molecule has 0 heterocycles. The van der Waals surface area contributed by atoms with E-state index < -0.39 is 28.7 Å². The molecule has 0 radical (unpaired) electrons. The van der Waals surface area contributed by atoms with Crippen molar-refractivity contribution in [2.75, 3.05) is 20.1 Å². The van der Waals surface area contributed by atoms with E-state index in [1.54, 1.807) is 34.7 Å². The summed E-state index contributed by atoms with van der Waals surface area (Å²) in [5.41, 5.74) is 4.33. The molecule has 3 amide bonds. The van der Waals surface area contributed by atoms with Crippen molar-refractivity contribution in [2.45, 2.75) is 80.3 Å². The van der Waals surface area contributed by atoms with E-state index in [1.165, 1.54) is 4.90 Å². The Morgan fingerprint density at radius 2 is 1.50 bits per heavy atom. The van der Waals surface area contributed by atoms with Crippen molar-refractivity contribution in [3.05, 3.63) is 0 Å². The summed E-state index contributed by atoms with van der Waals surface area (Å²) >= 11 is 0. The van der Waals surface area contributed by atoms with E-state index in [-0.39, 0.29) is 43.1 Å². The Morgan fingerprint density at radius 3 is 1.93 bits per heavy atom. The second kappa shape index (κ2) is 11.4. The van der Waals surface area contributed by atoms with Crippen molar-refractivity contribution in [3.63, 3.8) is 0 Å². The Bertz CT molecular complexity index is 620. The first-order chi connectivity index (χ1) is 13.5. The van der Waals surface area contributed by atoms with Crippen molar-refractivity contribution in [3.8, 4) is 0 Å². The zero-order valence-electron chi connectivity index (χ0n) is 20.2. The van der Waals surface area contributed by atoms with Crippen molar-refractivity contribution >= 4 is 23.5 Å². The highest BCUT2D eigenvalue weighted by Crippen LogP contribution is 2.21. The average Bonchev–Trinajstić information content (AvgIpc) is 2.60. The number of Topliss-reactive ketones (excluding diaryl/α,β-unsaturated/α-hetero) is 1. The summed E-state index contributed by atoms with van der Waals surface area (Å²) in [6.45, 7) is 15.0. The Balaban J connectivity index is 5.28. The summed E-state index contributed by atoms with van der Waals surface area (Å²) in [5.74, 6) is -1.26. The van der Waals surface area contributed by atoms with Gasteiger partial charge in [0.05, 0.1) is 0 Å². The van der Waals surface area contributed by atoms with Gasteiger partial charge < -0.3 is 21.3 Å². The molecule has 0 saturated carbocycles. The normalized spacial score (nSPS) is 15.0. The summed E-state index contributed by atoms with van der Waals surface area (Å²) < 4.78 is 0. The van der Waals surface area contributed by atoms with E-state index in [0.29, 0.717) is 6.42 Å². The van der Waals surface area contributed by atoms with Crippen LogP contribution in [0.3, 0.4) is 0 Å². The van der Waals surface area contributed by atoms with Gasteiger partial charge >= 0.3 is 0 Å². The molecule has 0 aliphatic heterocycles. The highest BCUT2D eigenvalue weighted by atomic mass is 16.2. The van der Waals surface area contributed by atoms with E-state index in [2.05, 4.69) is 10.6 Å².